The third-order valence-electron chi connectivity index (χ3n) is 4.88. The maximum Gasteiger partial charge on any atom is 0.197 e. The number of nitrogens with one attached hydrogen (secondary N) is 1. The number of fused-ring (bicyclic) bond motifs is 1. The van der Waals surface area contributed by atoms with Crippen LogP contribution in [0.1, 0.15) is 17.5 Å². The SMILES string of the molecule is O=P(C(=S)Nc1ccc2c(c1)CCC2)(c1ccccc1)c1ccccc1. The molecule has 26 heavy (non-hydrogen) atoms. The number of anilines is 1. The predicted octanol–water partition coefficient (Wildman–Crippen LogP) is 4.89. The maximum absolute atomic E-state index is 14.2. The van der Waals surface area contributed by atoms with E-state index >= 15 is 0 Å². The summed E-state index contributed by atoms with van der Waals surface area (Å²) < 4.78 is 14.5. The van der Waals surface area contributed by atoms with Gasteiger partial charge < -0.3 is 9.88 Å². The number of aryl methyl sites for hydroxylation is 2. The van der Waals surface area contributed by atoms with Crippen molar-refractivity contribution in [1.82, 2.24) is 0 Å². The fourth-order valence-electron chi connectivity index (χ4n) is 3.51. The smallest absolute Gasteiger partial charge is 0.197 e. The summed E-state index contributed by atoms with van der Waals surface area (Å²) in [7, 11) is -3.08. The molecule has 0 aliphatic heterocycles. The third-order valence-corrected chi connectivity index (χ3v) is 8.48. The molecule has 130 valence electrons. The predicted molar refractivity (Wildman–Crippen MR) is 114 cm³/mol. The lowest BCUT2D eigenvalue weighted by Gasteiger charge is -2.21. The fourth-order valence-corrected chi connectivity index (χ4v) is 6.50. The van der Waals surface area contributed by atoms with Crippen LogP contribution in [0.3, 0.4) is 0 Å². The van der Waals surface area contributed by atoms with Gasteiger partial charge in [-0.1, -0.05) is 78.9 Å². The number of hydrogen-bond acceptors (Lipinski definition) is 2. The number of hydrogen-bond donors (Lipinski definition) is 1. The fraction of sp³-hybridized carbons (Fsp3) is 0.136. The highest BCUT2D eigenvalue weighted by Crippen LogP contribution is 2.45. The Morgan fingerprint density at radius 1 is 0.808 bits per heavy atom. The van der Waals surface area contributed by atoms with E-state index in [1.165, 1.54) is 17.5 Å². The van der Waals surface area contributed by atoms with Crippen LogP contribution in [0.25, 0.3) is 0 Å². The van der Waals surface area contributed by atoms with E-state index in [0.717, 1.165) is 29.1 Å². The van der Waals surface area contributed by atoms with Crippen molar-refractivity contribution in [3.63, 3.8) is 0 Å². The minimum atomic E-state index is -3.08. The normalized spacial score (nSPS) is 13.2. The van der Waals surface area contributed by atoms with E-state index in [9.17, 15) is 4.57 Å². The van der Waals surface area contributed by atoms with Crippen molar-refractivity contribution in [3.05, 3.63) is 90.0 Å². The maximum atomic E-state index is 14.2. The van der Waals surface area contributed by atoms with Crippen LogP contribution in [-0.2, 0) is 17.4 Å². The lowest BCUT2D eigenvalue weighted by Crippen LogP contribution is -2.25. The molecule has 0 saturated heterocycles. The molecule has 2 nitrogen and oxygen atoms in total. The lowest BCUT2D eigenvalue weighted by molar-refractivity contribution is 0.594. The Hall–Kier alpha value is -2.22. The third kappa shape index (κ3) is 3.13. The van der Waals surface area contributed by atoms with Gasteiger partial charge in [0.05, 0.1) is 0 Å². The van der Waals surface area contributed by atoms with Crippen LogP contribution in [0.5, 0.6) is 0 Å². The van der Waals surface area contributed by atoms with Gasteiger partial charge >= 0.3 is 0 Å². The molecule has 0 aromatic heterocycles. The summed E-state index contributed by atoms with van der Waals surface area (Å²) in [6.45, 7) is 0. The molecule has 0 heterocycles. The Balaban J connectivity index is 1.73. The van der Waals surface area contributed by atoms with Crippen molar-refractivity contribution in [2.45, 2.75) is 19.3 Å². The first-order valence-electron chi connectivity index (χ1n) is 8.82. The van der Waals surface area contributed by atoms with E-state index in [4.69, 9.17) is 12.2 Å². The van der Waals surface area contributed by atoms with Crippen molar-refractivity contribution in [3.8, 4) is 0 Å². The van der Waals surface area contributed by atoms with Crippen LogP contribution in [0, 0.1) is 0 Å². The summed E-state index contributed by atoms with van der Waals surface area (Å²) in [4.78, 5) is 0. The number of benzene rings is 3. The molecule has 4 rings (SSSR count). The first kappa shape index (κ1) is 17.2. The summed E-state index contributed by atoms with van der Waals surface area (Å²) in [5.41, 5.74) is 3.70. The van der Waals surface area contributed by atoms with E-state index in [2.05, 4.69) is 17.4 Å². The Morgan fingerprint density at radius 3 is 2.00 bits per heavy atom. The van der Waals surface area contributed by atoms with E-state index in [1.54, 1.807) is 0 Å². The Morgan fingerprint density at radius 2 is 1.38 bits per heavy atom. The second-order valence-electron chi connectivity index (χ2n) is 6.55. The van der Waals surface area contributed by atoms with Gasteiger partial charge in [0.2, 0.25) is 0 Å². The monoisotopic (exact) mass is 377 g/mol. The molecule has 0 atom stereocenters. The van der Waals surface area contributed by atoms with Gasteiger partial charge in [-0.3, -0.25) is 0 Å². The van der Waals surface area contributed by atoms with Gasteiger partial charge in [0.15, 0.2) is 7.14 Å². The molecule has 4 heteroatoms. The van der Waals surface area contributed by atoms with Crippen LogP contribution >= 0.6 is 19.4 Å². The van der Waals surface area contributed by atoms with Crippen LogP contribution in [-0.4, -0.2) is 4.73 Å². The Kier molecular flexibility index (Phi) is 4.76. The lowest BCUT2D eigenvalue weighted by atomic mass is 10.1. The largest absolute Gasteiger partial charge is 0.343 e. The van der Waals surface area contributed by atoms with Crippen molar-refractivity contribution >= 4 is 40.4 Å². The molecular formula is C22H20NOPS. The molecule has 0 unspecified atom stereocenters. The minimum Gasteiger partial charge on any atom is -0.343 e. The first-order valence-corrected chi connectivity index (χ1v) is 10.9. The number of thiocarbonyl (C=S) groups is 1. The molecule has 3 aromatic carbocycles. The average Bonchev–Trinajstić information content (AvgIpc) is 3.16. The minimum absolute atomic E-state index is 0.382. The number of rotatable bonds is 4. The van der Waals surface area contributed by atoms with Crippen molar-refractivity contribution in [1.29, 1.82) is 0 Å². The molecule has 0 spiro atoms. The highest BCUT2D eigenvalue weighted by atomic mass is 32.1. The topological polar surface area (TPSA) is 29.1 Å². The molecule has 1 N–H and O–H groups in total. The summed E-state index contributed by atoms with van der Waals surface area (Å²) in [6, 6.07) is 25.4. The van der Waals surface area contributed by atoms with Gasteiger partial charge in [-0.25, -0.2) is 0 Å². The van der Waals surface area contributed by atoms with E-state index in [-0.39, 0.29) is 0 Å². The second-order valence-corrected chi connectivity index (χ2v) is 9.96. The first-order chi connectivity index (χ1) is 12.7. The standard InChI is InChI=1S/C22H20NOPS/c24-25(20-10-3-1-4-11-20,21-12-5-2-6-13-21)22(26)23-19-15-14-17-8-7-9-18(17)16-19/h1-6,10-16H,7-9H2,(H,23,26). The van der Waals surface area contributed by atoms with E-state index < -0.39 is 7.14 Å². The van der Waals surface area contributed by atoms with Gasteiger partial charge in [0.25, 0.3) is 0 Å². The molecule has 0 saturated carbocycles. The molecule has 0 bridgehead atoms. The van der Waals surface area contributed by atoms with Gasteiger partial charge in [-0.05, 0) is 42.5 Å². The van der Waals surface area contributed by atoms with Crippen molar-refractivity contribution < 1.29 is 4.57 Å². The van der Waals surface area contributed by atoms with Gasteiger partial charge in [0.1, 0.15) is 4.73 Å². The zero-order chi connectivity index (χ0) is 18.0. The van der Waals surface area contributed by atoms with Gasteiger partial charge in [-0.2, -0.15) is 0 Å². The van der Waals surface area contributed by atoms with Crippen LogP contribution in [0.15, 0.2) is 78.9 Å². The molecule has 3 aromatic rings. The summed E-state index contributed by atoms with van der Waals surface area (Å²) in [5.74, 6) is 0. The zero-order valence-electron chi connectivity index (χ0n) is 14.4. The van der Waals surface area contributed by atoms with Crippen LogP contribution in [0.2, 0.25) is 0 Å². The Labute approximate surface area is 159 Å². The second kappa shape index (κ2) is 7.19. The average molecular weight is 377 g/mol. The zero-order valence-corrected chi connectivity index (χ0v) is 16.1. The summed E-state index contributed by atoms with van der Waals surface area (Å²) in [6.07, 6.45) is 3.45. The molecular weight excluding hydrogens is 357 g/mol. The Bertz CT molecular complexity index is 942. The van der Waals surface area contributed by atoms with Crippen molar-refractivity contribution in [2.24, 2.45) is 0 Å². The molecule has 0 fully saturated rings. The van der Waals surface area contributed by atoms with E-state index in [0.29, 0.717) is 4.73 Å². The van der Waals surface area contributed by atoms with Gasteiger partial charge in [-0.15, -0.1) is 0 Å². The highest BCUT2D eigenvalue weighted by Gasteiger charge is 2.32. The van der Waals surface area contributed by atoms with Gasteiger partial charge in [0, 0.05) is 16.3 Å². The van der Waals surface area contributed by atoms with Crippen LogP contribution in [0.4, 0.5) is 5.69 Å². The highest BCUT2D eigenvalue weighted by molar-refractivity contribution is 8.08. The van der Waals surface area contributed by atoms with Crippen molar-refractivity contribution in [2.75, 3.05) is 5.32 Å². The molecule has 0 radical (unpaired) electrons. The quantitative estimate of drug-likeness (QED) is 0.519. The van der Waals surface area contributed by atoms with Crippen LogP contribution < -0.4 is 15.9 Å². The molecule has 1 aliphatic carbocycles. The molecule has 0 amide bonds. The summed E-state index contributed by atoms with van der Waals surface area (Å²) >= 11 is 5.69. The summed E-state index contributed by atoms with van der Waals surface area (Å²) in [5, 5.41) is 4.79. The van der Waals surface area contributed by atoms with E-state index in [1.807, 2.05) is 66.7 Å². The molecule has 1 aliphatic rings.